The van der Waals surface area contributed by atoms with E-state index in [1.54, 1.807) is 0 Å². The lowest BCUT2D eigenvalue weighted by molar-refractivity contribution is -0.0510. The molecule has 0 aliphatic rings. The summed E-state index contributed by atoms with van der Waals surface area (Å²) in [7, 11) is -5.06. The molecule has 3 nitrogen and oxygen atoms in total. The van der Waals surface area contributed by atoms with Gasteiger partial charge in [0.1, 0.15) is 0 Å². The van der Waals surface area contributed by atoms with Gasteiger partial charge in [0, 0.05) is 0 Å². The van der Waals surface area contributed by atoms with Crippen LogP contribution in [0.2, 0.25) is 0 Å². The highest BCUT2D eigenvalue weighted by molar-refractivity contribution is 7.86. The molecule has 21 heavy (non-hydrogen) atoms. The molecule has 0 spiro atoms. The summed E-state index contributed by atoms with van der Waals surface area (Å²) < 4.78 is 57.5. The summed E-state index contributed by atoms with van der Waals surface area (Å²) in [5.41, 5.74) is -5.53. The zero-order valence-electron chi connectivity index (χ0n) is 10.6. The van der Waals surface area contributed by atoms with E-state index >= 15 is 0 Å². The normalized spacial score (nSPS) is 11.4. The van der Waals surface area contributed by atoms with Crippen LogP contribution in [0.4, 0.5) is 13.2 Å². The number of rotatable bonds is 2. The molecule has 0 unspecified atom stereocenters. The standard InChI is InChI=1S/C12H11P.CHF3O3S/c1-3-7-11(8-4-1)13-12-9-5-2-6-10-12;2-1(3,4)8(5,6)7/h1-10,13H;(H,5,6,7). The molecule has 0 saturated heterocycles. The number of hydrogen-bond donors (Lipinski definition) is 1. The Balaban J connectivity index is 0.000000240. The number of alkyl halides is 3. The first-order chi connectivity index (χ1) is 9.70. The molecule has 0 aliphatic carbocycles. The molecular weight excluding hydrogens is 324 g/mol. The molecular formula is C13H12F3O3PS. The van der Waals surface area contributed by atoms with Crippen molar-refractivity contribution in [2.24, 2.45) is 0 Å². The fraction of sp³-hybridized carbons (Fsp3) is 0.0769. The molecule has 114 valence electrons. The van der Waals surface area contributed by atoms with Gasteiger partial charge in [-0.3, -0.25) is 4.55 Å². The van der Waals surface area contributed by atoms with Gasteiger partial charge in [-0.25, -0.2) is 0 Å². The maximum Gasteiger partial charge on any atom is 0.522 e. The van der Waals surface area contributed by atoms with Crippen LogP contribution in [0, 0.1) is 0 Å². The summed E-state index contributed by atoms with van der Waals surface area (Å²) in [5, 5.41) is 2.79. The Labute approximate surface area is 122 Å². The maximum absolute atomic E-state index is 10.7. The Bertz CT molecular complexity index is 606. The third-order valence-corrected chi connectivity index (χ3v) is 3.96. The fourth-order valence-electron chi connectivity index (χ4n) is 1.21. The second-order valence-electron chi connectivity index (χ2n) is 3.78. The van der Waals surface area contributed by atoms with E-state index in [-0.39, 0.29) is 0 Å². The largest absolute Gasteiger partial charge is 0.522 e. The topological polar surface area (TPSA) is 54.4 Å². The van der Waals surface area contributed by atoms with Gasteiger partial charge in [0.15, 0.2) is 0 Å². The first-order valence-electron chi connectivity index (χ1n) is 5.61. The summed E-state index contributed by atoms with van der Waals surface area (Å²) in [5.74, 6) is 0. The molecule has 0 bridgehead atoms. The third kappa shape index (κ3) is 6.71. The second kappa shape index (κ2) is 7.54. The van der Waals surface area contributed by atoms with Crippen molar-refractivity contribution in [2.45, 2.75) is 5.51 Å². The minimum Gasteiger partial charge on any atom is -0.279 e. The van der Waals surface area contributed by atoms with E-state index in [0.29, 0.717) is 0 Å². The smallest absolute Gasteiger partial charge is 0.279 e. The molecule has 0 amide bonds. The summed E-state index contributed by atoms with van der Waals surface area (Å²) in [6.07, 6.45) is 0. The van der Waals surface area contributed by atoms with Crippen LogP contribution < -0.4 is 10.6 Å². The highest BCUT2D eigenvalue weighted by atomic mass is 32.2. The molecule has 0 radical (unpaired) electrons. The molecule has 8 heteroatoms. The van der Waals surface area contributed by atoms with Gasteiger partial charge in [-0.15, -0.1) is 0 Å². The Kier molecular flexibility index (Phi) is 6.33. The maximum atomic E-state index is 10.7. The molecule has 2 rings (SSSR count). The summed E-state index contributed by atoms with van der Waals surface area (Å²) in [4.78, 5) is 0. The lowest BCUT2D eigenvalue weighted by atomic mass is 10.4. The highest BCUT2D eigenvalue weighted by Crippen LogP contribution is 2.20. The number of halogens is 3. The summed E-state index contributed by atoms with van der Waals surface area (Å²) in [6.45, 7) is 0. The lowest BCUT2D eigenvalue weighted by Gasteiger charge is -2.00. The molecule has 2 aromatic carbocycles. The van der Waals surface area contributed by atoms with Crippen LogP contribution >= 0.6 is 8.58 Å². The van der Waals surface area contributed by atoms with Crippen molar-refractivity contribution in [3.05, 3.63) is 60.7 Å². The molecule has 0 aromatic heterocycles. The van der Waals surface area contributed by atoms with Crippen LogP contribution in [0.3, 0.4) is 0 Å². The van der Waals surface area contributed by atoms with E-state index in [1.165, 1.54) is 10.6 Å². The Hall–Kier alpha value is -1.43. The fourth-order valence-corrected chi connectivity index (χ4v) is 2.26. The van der Waals surface area contributed by atoms with E-state index < -0.39 is 15.6 Å². The van der Waals surface area contributed by atoms with Crippen molar-refractivity contribution in [3.8, 4) is 0 Å². The van der Waals surface area contributed by atoms with E-state index in [1.807, 2.05) is 0 Å². The van der Waals surface area contributed by atoms with Crippen LogP contribution in [0.15, 0.2) is 60.7 Å². The molecule has 0 fully saturated rings. The van der Waals surface area contributed by atoms with E-state index in [2.05, 4.69) is 60.7 Å². The van der Waals surface area contributed by atoms with Gasteiger partial charge in [0.25, 0.3) is 0 Å². The van der Waals surface area contributed by atoms with Gasteiger partial charge in [-0.1, -0.05) is 69.2 Å². The van der Waals surface area contributed by atoms with Crippen LogP contribution in [0.1, 0.15) is 0 Å². The first kappa shape index (κ1) is 17.6. The predicted molar refractivity (Wildman–Crippen MR) is 78.1 cm³/mol. The zero-order valence-corrected chi connectivity index (χ0v) is 12.4. The van der Waals surface area contributed by atoms with Crippen LogP contribution in [0.5, 0.6) is 0 Å². The Morgan fingerprint density at radius 1 is 0.810 bits per heavy atom. The second-order valence-corrected chi connectivity index (χ2v) is 6.60. The van der Waals surface area contributed by atoms with Crippen molar-refractivity contribution >= 4 is 29.3 Å². The van der Waals surface area contributed by atoms with E-state index in [4.69, 9.17) is 13.0 Å². The molecule has 0 saturated carbocycles. The monoisotopic (exact) mass is 336 g/mol. The Morgan fingerprint density at radius 2 is 1.10 bits per heavy atom. The lowest BCUT2D eigenvalue weighted by Crippen LogP contribution is -2.21. The molecule has 1 N–H and O–H groups in total. The van der Waals surface area contributed by atoms with Crippen molar-refractivity contribution < 1.29 is 26.1 Å². The molecule has 2 aromatic rings. The molecule has 0 aliphatic heterocycles. The van der Waals surface area contributed by atoms with Crippen LogP contribution in [-0.4, -0.2) is 18.5 Å². The SMILES string of the molecule is O=S(=O)(O)C(F)(F)F.c1ccc(Pc2ccccc2)cc1. The van der Waals surface area contributed by atoms with Crippen molar-refractivity contribution in [3.63, 3.8) is 0 Å². The van der Waals surface area contributed by atoms with Gasteiger partial charge in [0.05, 0.1) is 0 Å². The van der Waals surface area contributed by atoms with Crippen LogP contribution in [-0.2, 0) is 10.1 Å². The first-order valence-corrected chi connectivity index (χ1v) is 8.05. The van der Waals surface area contributed by atoms with Gasteiger partial charge in [-0.05, 0) is 10.6 Å². The van der Waals surface area contributed by atoms with Crippen molar-refractivity contribution in [1.29, 1.82) is 0 Å². The summed E-state index contributed by atoms with van der Waals surface area (Å²) >= 11 is 0. The molecule has 0 heterocycles. The Morgan fingerprint density at radius 3 is 1.33 bits per heavy atom. The van der Waals surface area contributed by atoms with Crippen molar-refractivity contribution in [1.82, 2.24) is 0 Å². The van der Waals surface area contributed by atoms with Gasteiger partial charge < -0.3 is 0 Å². The zero-order chi connectivity index (χ0) is 15.9. The average molecular weight is 336 g/mol. The number of benzene rings is 2. The highest BCUT2D eigenvalue weighted by Gasteiger charge is 2.44. The van der Waals surface area contributed by atoms with Crippen LogP contribution in [0.25, 0.3) is 0 Å². The number of hydrogen-bond acceptors (Lipinski definition) is 2. The average Bonchev–Trinajstić information content (AvgIpc) is 2.39. The summed E-state index contributed by atoms with van der Waals surface area (Å²) in [6, 6.07) is 21.2. The van der Waals surface area contributed by atoms with E-state index in [0.717, 1.165) is 8.58 Å². The minimum atomic E-state index is -5.84. The van der Waals surface area contributed by atoms with Crippen molar-refractivity contribution in [2.75, 3.05) is 0 Å². The van der Waals surface area contributed by atoms with Gasteiger partial charge >= 0.3 is 15.6 Å². The molecule has 0 atom stereocenters. The van der Waals surface area contributed by atoms with E-state index in [9.17, 15) is 13.2 Å². The van der Waals surface area contributed by atoms with Gasteiger partial charge in [-0.2, -0.15) is 21.6 Å². The minimum absolute atomic E-state index is 0.777. The third-order valence-electron chi connectivity index (χ3n) is 2.13. The van der Waals surface area contributed by atoms with Gasteiger partial charge in [0.2, 0.25) is 0 Å². The predicted octanol–water partition coefficient (Wildman–Crippen LogP) is 2.71. The quantitative estimate of drug-likeness (QED) is 0.521.